The number of amides is 1. The molecule has 0 radical (unpaired) electrons. The number of nitrogens with one attached hydrogen (secondary N) is 2. The van der Waals surface area contributed by atoms with Gasteiger partial charge in [0.2, 0.25) is 5.91 Å². The van der Waals surface area contributed by atoms with Crippen LogP contribution in [0.2, 0.25) is 0 Å². The third-order valence-corrected chi connectivity index (χ3v) is 2.88. The van der Waals surface area contributed by atoms with Crippen LogP contribution in [0.4, 0.5) is 0 Å². The molecule has 1 aromatic heterocycles. The first-order valence-corrected chi connectivity index (χ1v) is 5.84. The summed E-state index contributed by atoms with van der Waals surface area (Å²) in [6, 6.07) is 1.91. The van der Waals surface area contributed by atoms with Crippen LogP contribution in [0.15, 0.2) is 12.3 Å². The molecule has 1 aromatic rings. The SMILES string of the molecule is CCCCCN1CC(=O)NC1c1ccn[nH]1. The normalized spacial score (nSPS) is 21.3. The third-order valence-electron chi connectivity index (χ3n) is 2.88. The summed E-state index contributed by atoms with van der Waals surface area (Å²) >= 11 is 0. The van der Waals surface area contributed by atoms with Crippen LogP contribution in [0, 0.1) is 0 Å². The number of carbonyl (C=O) groups excluding carboxylic acids is 1. The lowest BCUT2D eigenvalue weighted by atomic mass is 10.2. The molecule has 0 spiro atoms. The zero-order chi connectivity index (χ0) is 11.4. The number of aromatic nitrogens is 2. The summed E-state index contributed by atoms with van der Waals surface area (Å²) in [5, 5.41) is 9.78. The van der Waals surface area contributed by atoms with Gasteiger partial charge in [0.25, 0.3) is 0 Å². The smallest absolute Gasteiger partial charge is 0.235 e. The third kappa shape index (κ3) is 2.41. The van der Waals surface area contributed by atoms with Crippen LogP contribution in [0.5, 0.6) is 0 Å². The molecule has 2 heterocycles. The highest BCUT2D eigenvalue weighted by atomic mass is 16.2. The van der Waals surface area contributed by atoms with Crippen LogP contribution in [0.3, 0.4) is 0 Å². The molecule has 88 valence electrons. The largest absolute Gasteiger partial charge is 0.334 e. The molecule has 0 aliphatic carbocycles. The number of hydrogen-bond acceptors (Lipinski definition) is 3. The zero-order valence-corrected chi connectivity index (χ0v) is 9.57. The second kappa shape index (κ2) is 5.12. The van der Waals surface area contributed by atoms with E-state index in [9.17, 15) is 4.79 Å². The second-order valence-corrected chi connectivity index (χ2v) is 4.16. The molecule has 1 amide bonds. The highest BCUT2D eigenvalue weighted by Crippen LogP contribution is 2.20. The minimum absolute atomic E-state index is 0.0214. The van der Waals surface area contributed by atoms with Crippen molar-refractivity contribution >= 4 is 5.91 Å². The summed E-state index contributed by atoms with van der Waals surface area (Å²) in [4.78, 5) is 13.6. The molecule has 1 aliphatic heterocycles. The maximum atomic E-state index is 11.4. The predicted octanol–water partition coefficient (Wildman–Crippen LogP) is 1.03. The van der Waals surface area contributed by atoms with E-state index in [1.54, 1.807) is 6.20 Å². The molecule has 1 unspecified atom stereocenters. The number of nitrogens with zero attached hydrogens (tertiary/aromatic N) is 2. The number of carbonyl (C=O) groups is 1. The highest BCUT2D eigenvalue weighted by Gasteiger charge is 2.30. The van der Waals surface area contributed by atoms with E-state index in [2.05, 4.69) is 27.3 Å². The van der Waals surface area contributed by atoms with Gasteiger partial charge in [0.1, 0.15) is 6.17 Å². The first kappa shape index (κ1) is 11.1. The average molecular weight is 222 g/mol. The zero-order valence-electron chi connectivity index (χ0n) is 9.57. The Morgan fingerprint density at radius 3 is 3.12 bits per heavy atom. The van der Waals surface area contributed by atoms with E-state index in [0.717, 1.165) is 18.7 Å². The molecule has 5 nitrogen and oxygen atoms in total. The Morgan fingerprint density at radius 2 is 2.44 bits per heavy atom. The lowest BCUT2D eigenvalue weighted by Gasteiger charge is -2.21. The fourth-order valence-corrected chi connectivity index (χ4v) is 2.03. The maximum absolute atomic E-state index is 11.4. The summed E-state index contributed by atoms with van der Waals surface area (Å²) in [5.74, 6) is 0.0936. The summed E-state index contributed by atoms with van der Waals surface area (Å²) < 4.78 is 0. The average Bonchev–Trinajstić information content (AvgIpc) is 2.87. The molecule has 2 N–H and O–H groups in total. The monoisotopic (exact) mass is 222 g/mol. The van der Waals surface area contributed by atoms with Crippen molar-refractivity contribution in [1.82, 2.24) is 20.4 Å². The van der Waals surface area contributed by atoms with Gasteiger partial charge in [-0.05, 0) is 12.5 Å². The summed E-state index contributed by atoms with van der Waals surface area (Å²) in [5.41, 5.74) is 0.961. The Balaban J connectivity index is 1.96. The van der Waals surface area contributed by atoms with Gasteiger partial charge in [0, 0.05) is 12.7 Å². The Bertz CT molecular complexity index is 336. The molecular weight excluding hydrogens is 204 g/mol. The lowest BCUT2D eigenvalue weighted by molar-refractivity contribution is -0.118. The van der Waals surface area contributed by atoms with Gasteiger partial charge in [0.15, 0.2) is 0 Å². The van der Waals surface area contributed by atoms with Crippen LogP contribution in [0.1, 0.15) is 38.0 Å². The molecule has 5 heteroatoms. The van der Waals surface area contributed by atoms with Gasteiger partial charge in [-0.1, -0.05) is 19.8 Å². The Morgan fingerprint density at radius 1 is 1.56 bits per heavy atom. The van der Waals surface area contributed by atoms with E-state index in [1.165, 1.54) is 12.8 Å². The van der Waals surface area contributed by atoms with Crippen LogP contribution < -0.4 is 5.32 Å². The first-order valence-electron chi connectivity index (χ1n) is 5.84. The standard InChI is InChI=1S/C11H18N4O/c1-2-3-4-7-15-8-10(16)13-11(15)9-5-6-12-14-9/h5-6,11H,2-4,7-8H2,1H3,(H,12,14)(H,13,16). The van der Waals surface area contributed by atoms with E-state index >= 15 is 0 Å². The minimum Gasteiger partial charge on any atom is -0.334 e. The Hall–Kier alpha value is -1.36. The van der Waals surface area contributed by atoms with Gasteiger partial charge in [-0.2, -0.15) is 5.10 Å². The molecule has 1 aliphatic rings. The quantitative estimate of drug-likeness (QED) is 0.731. The van der Waals surface area contributed by atoms with Crippen molar-refractivity contribution < 1.29 is 4.79 Å². The van der Waals surface area contributed by atoms with Crippen molar-refractivity contribution in [2.24, 2.45) is 0 Å². The van der Waals surface area contributed by atoms with Crippen molar-refractivity contribution in [3.05, 3.63) is 18.0 Å². The van der Waals surface area contributed by atoms with E-state index in [4.69, 9.17) is 0 Å². The van der Waals surface area contributed by atoms with E-state index in [0.29, 0.717) is 6.54 Å². The highest BCUT2D eigenvalue weighted by molar-refractivity contribution is 5.80. The van der Waals surface area contributed by atoms with Gasteiger partial charge < -0.3 is 5.32 Å². The summed E-state index contributed by atoms with van der Waals surface area (Å²) in [6.45, 7) is 3.63. The molecule has 1 fully saturated rings. The van der Waals surface area contributed by atoms with Crippen molar-refractivity contribution in [3.8, 4) is 0 Å². The van der Waals surface area contributed by atoms with Crippen molar-refractivity contribution in [1.29, 1.82) is 0 Å². The second-order valence-electron chi connectivity index (χ2n) is 4.16. The lowest BCUT2D eigenvalue weighted by Crippen LogP contribution is -2.28. The maximum Gasteiger partial charge on any atom is 0.235 e. The fourth-order valence-electron chi connectivity index (χ4n) is 2.03. The minimum atomic E-state index is -0.0214. The number of aromatic amines is 1. The Labute approximate surface area is 95.2 Å². The summed E-state index contributed by atoms with van der Waals surface area (Å²) in [6.07, 6.45) is 5.23. The Kier molecular flexibility index (Phi) is 3.56. The number of unbranched alkanes of at least 4 members (excludes halogenated alkanes) is 2. The van der Waals surface area contributed by atoms with Gasteiger partial charge in [0.05, 0.1) is 12.2 Å². The van der Waals surface area contributed by atoms with E-state index in [-0.39, 0.29) is 12.1 Å². The molecule has 16 heavy (non-hydrogen) atoms. The van der Waals surface area contributed by atoms with Gasteiger partial charge >= 0.3 is 0 Å². The fraction of sp³-hybridized carbons (Fsp3) is 0.636. The molecule has 0 aromatic carbocycles. The molecular formula is C11H18N4O. The summed E-state index contributed by atoms with van der Waals surface area (Å²) in [7, 11) is 0. The molecule has 1 atom stereocenters. The number of H-pyrrole nitrogens is 1. The van der Waals surface area contributed by atoms with Crippen molar-refractivity contribution in [2.75, 3.05) is 13.1 Å². The van der Waals surface area contributed by atoms with Gasteiger partial charge in [-0.25, -0.2) is 0 Å². The van der Waals surface area contributed by atoms with Crippen molar-refractivity contribution in [3.63, 3.8) is 0 Å². The van der Waals surface area contributed by atoms with Gasteiger partial charge in [-0.3, -0.25) is 14.8 Å². The topological polar surface area (TPSA) is 61.0 Å². The van der Waals surface area contributed by atoms with Crippen LogP contribution in [0.25, 0.3) is 0 Å². The van der Waals surface area contributed by atoms with Crippen LogP contribution in [-0.2, 0) is 4.79 Å². The first-order chi connectivity index (χ1) is 7.81. The van der Waals surface area contributed by atoms with Crippen LogP contribution >= 0.6 is 0 Å². The van der Waals surface area contributed by atoms with E-state index < -0.39 is 0 Å². The molecule has 0 bridgehead atoms. The molecule has 1 saturated heterocycles. The predicted molar refractivity (Wildman–Crippen MR) is 60.6 cm³/mol. The van der Waals surface area contributed by atoms with Gasteiger partial charge in [-0.15, -0.1) is 0 Å². The number of hydrogen-bond donors (Lipinski definition) is 2. The molecule has 0 saturated carbocycles. The number of rotatable bonds is 5. The van der Waals surface area contributed by atoms with E-state index in [1.807, 2.05) is 6.07 Å². The molecule has 2 rings (SSSR count). The van der Waals surface area contributed by atoms with Crippen molar-refractivity contribution in [2.45, 2.75) is 32.4 Å². The van der Waals surface area contributed by atoms with Crippen LogP contribution in [-0.4, -0.2) is 34.1 Å².